The highest BCUT2D eigenvalue weighted by Crippen LogP contribution is 2.43. The van der Waals surface area contributed by atoms with Gasteiger partial charge in [-0.15, -0.1) is 0 Å². The molecule has 0 saturated carbocycles. The Labute approximate surface area is 219 Å². The molecule has 1 fully saturated rings. The number of benzene rings is 3. The lowest BCUT2D eigenvalue weighted by Crippen LogP contribution is -2.62. The van der Waals surface area contributed by atoms with Crippen molar-refractivity contribution in [1.29, 1.82) is 0 Å². The summed E-state index contributed by atoms with van der Waals surface area (Å²) in [6.45, 7) is 0.300. The molecule has 6 rings (SSSR count). The van der Waals surface area contributed by atoms with E-state index in [1.54, 1.807) is 24.0 Å². The Morgan fingerprint density at radius 3 is 2.57 bits per heavy atom. The van der Waals surface area contributed by atoms with Crippen LogP contribution in [0.1, 0.15) is 28.4 Å². The predicted octanol–water partition coefficient (Wildman–Crippen LogP) is 4.72. The van der Waals surface area contributed by atoms with E-state index in [4.69, 9.17) is 21.1 Å². The number of carbonyl (C=O) groups excluding carboxylic acids is 2. The van der Waals surface area contributed by atoms with Crippen LogP contribution in [0.5, 0.6) is 11.5 Å². The van der Waals surface area contributed by atoms with Crippen molar-refractivity contribution in [3.05, 3.63) is 94.1 Å². The lowest BCUT2D eigenvalue weighted by molar-refractivity contribution is -0.159. The van der Waals surface area contributed by atoms with Crippen LogP contribution in [0.3, 0.4) is 0 Å². The van der Waals surface area contributed by atoms with E-state index in [9.17, 15) is 9.59 Å². The van der Waals surface area contributed by atoms with Gasteiger partial charge in [0.15, 0.2) is 11.5 Å². The highest BCUT2D eigenvalue weighted by molar-refractivity contribution is 6.30. The summed E-state index contributed by atoms with van der Waals surface area (Å²) in [6.07, 6.45) is 0.448. The van der Waals surface area contributed by atoms with Crippen molar-refractivity contribution in [2.24, 2.45) is 0 Å². The lowest BCUT2D eigenvalue weighted by atomic mass is 9.86. The molecule has 4 aromatic rings. The van der Waals surface area contributed by atoms with Crippen LogP contribution >= 0.6 is 11.6 Å². The molecular weight excluding hydrogens is 490 g/mol. The normalized spacial score (nSPS) is 19.1. The van der Waals surface area contributed by atoms with Gasteiger partial charge in [0.1, 0.15) is 12.6 Å². The van der Waals surface area contributed by atoms with E-state index >= 15 is 0 Å². The minimum atomic E-state index is -0.614. The van der Waals surface area contributed by atoms with E-state index in [0.717, 1.165) is 33.3 Å². The highest BCUT2D eigenvalue weighted by Gasteiger charge is 2.48. The van der Waals surface area contributed by atoms with Crippen molar-refractivity contribution in [3.63, 3.8) is 0 Å². The number of nitrogens with zero attached hydrogens (tertiary/aromatic N) is 2. The van der Waals surface area contributed by atoms with Crippen LogP contribution in [0.4, 0.5) is 0 Å². The standard InChI is InChI=1S/C29H26ClN3O4/c1-36-24-11-10-17(12-25(24)37-2)15-32-16-26(34)33-23(29(32)35)14-21-20-8-3-4-9-22(20)31-27(21)28(33)18-6-5-7-19(30)13-18/h3-13,23,28,31H,14-16H2,1-2H3. The molecule has 2 aliphatic rings. The molecule has 188 valence electrons. The van der Waals surface area contributed by atoms with Crippen LogP contribution in [0.15, 0.2) is 66.7 Å². The van der Waals surface area contributed by atoms with E-state index in [2.05, 4.69) is 11.1 Å². The van der Waals surface area contributed by atoms with E-state index in [-0.39, 0.29) is 18.4 Å². The summed E-state index contributed by atoms with van der Waals surface area (Å²) >= 11 is 6.36. The average molecular weight is 516 g/mol. The number of H-pyrrole nitrogens is 1. The number of carbonyl (C=O) groups is 2. The van der Waals surface area contributed by atoms with E-state index in [1.165, 1.54) is 0 Å². The number of piperazine rings is 1. The molecule has 37 heavy (non-hydrogen) atoms. The van der Waals surface area contributed by atoms with Crippen LogP contribution in [0.25, 0.3) is 10.9 Å². The van der Waals surface area contributed by atoms with Crippen molar-refractivity contribution in [2.75, 3.05) is 20.8 Å². The second kappa shape index (κ2) is 9.16. The first-order valence-electron chi connectivity index (χ1n) is 12.1. The molecule has 2 atom stereocenters. The first kappa shape index (κ1) is 23.4. The molecule has 1 saturated heterocycles. The molecule has 1 aromatic heterocycles. The SMILES string of the molecule is COc1ccc(CN2CC(=O)N3C(Cc4c([nH]c5ccccc45)C3c3cccc(Cl)c3)C2=O)cc1OC. The zero-order valence-corrected chi connectivity index (χ0v) is 21.3. The van der Waals surface area contributed by atoms with Gasteiger partial charge in [-0.2, -0.15) is 0 Å². The lowest BCUT2D eigenvalue weighted by Gasteiger charge is -2.47. The second-order valence-electron chi connectivity index (χ2n) is 9.42. The largest absolute Gasteiger partial charge is 0.493 e. The zero-order chi connectivity index (χ0) is 25.7. The molecule has 0 spiro atoms. The molecule has 0 aliphatic carbocycles. The number of halogens is 1. The minimum Gasteiger partial charge on any atom is -0.493 e. The fourth-order valence-electron chi connectivity index (χ4n) is 5.68. The molecular formula is C29H26ClN3O4. The Kier molecular flexibility index (Phi) is 5.80. The molecule has 0 bridgehead atoms. The number of rotatable bonds is 5. The molecule has 0 radical (unpaired) electrons. The van der Waals surface area contributed by atoms with Crippen LogP contribution in [-0.2, 0) is 22.6 Å². The zero-order valence-electron chi connectivity index (χ0n) is 20.5. The number of hydrogen-bond acceptors (Lipinski definition) is 4. The number of nitrogens with one attached hydrogen (secondary N) is 1. The Balaban J connectivity index is 1.41. The third kappa shape index (κ3) is 3.90. The maximum Gasteiger partial charge on any atom is 0.246 e. The van der Waals surface area contributed by atoms with Crippen molar-refractivity contribution < 1.29 is 19.1 Å². The van der Waals surface area contributed by atoms with Gasteiger partial charge in [0.2, 0.25) is 11.8 Å². The number of amides is 2. The Morgan fingerprint density at radius 2 is 1.78 bits per heavy atom. The smallest absolute Gasteiger partial charge is 0.246 e. The summed E-state index contributed by atoms with van der Waals surface area (Å²) in [6, 6.07) is 20.1. The minimum absolute atomic E-state index is 0.00367. The summed E-state index contributed by atoms with van der Waals surface area (Å²) in [5, 5.41) is 1.66. The second-order valence-corrected chi connectivity index (χ2v) is 9.86. The van der Waals surface area contributed by atoms with E-state index in [1.807, 2.05) is 60.7 Å². The third-order valence-electron chi connectivity index (χ3n) is 7.33. The van der Waals surface area contributed by atoms with Crippen LogP contribution in [-0.4, -0.2) is 53.4 Å². The Hall–Kier alpha value is -3.97. The highest BCUT2D eigenvalue weighted by atomic mass is 35.5. The van der Waals surface area contributed by atoms with E-state index in [0.29, 0.717) is 29.5 Å². The number of para-hydroxylation sites is 1. The number of methoxy groups -OCH3 is 2. The first-order valence-corrected chi connectivity index (χ1v) is 12.5. The molecule has 8 heteroatoms. The number of aromatic nitrogens is 1. The van der Waals surface area contributed by atoms with Gasteiger partial charge >= 0.3 is 0 Å². The van der Waals surface area contributed by atoms with Crippen LogP contribution in [0, 0.1) is 0 Å². The molecule has 7 nitrogen and oxygen atoms in total. The number of hydrogen-bond donors (Lipinski definition) is 1. The molecule has 2 aliphatic heterocycles. The van der Waals surface area contributed by atoms with Crippen LogP contribution in [0.2, 0.25) is 5.02 Å². The van der Waals surface area contributed by atoms with Gasteiger partial charge in [0.25, 0.3) is 0 Å². The van der Waals surface area contributed by atoms with Crippen molar-refractivity contribution in [2.45, 2.75) is 25.0 Å². The molecule has 2 unspecified atom stereocenters. The summed E-state index contributed by atoms with van der Waals surface area (Å²) < 4.78 is 10.8. The number of aromatic amines is 1. The fourth-order valence-corrected chi connectivity index (χ4v) is 5.88. The Morgan fingerprint density at radius 1 is 0.973 bits per heavy atom. The monoisotopic (exact) mass is 515 g/mol. The summed E-state index contributed by atoms with van der Waals surface area (Å²) in [5.74, 6) is 1.03. The topological polar surface area (TPSA) is 74.9 Å². The third-order valence-corrected chi connectivity index (χ3v) is 7.56. The van der Waals surface area contributed by atoms with Gasteiger partial charge in [-0.05, 0) is 47.0 Å². The molecule has 1 N–H and O–H groups in total. The molecule has 3 aromatic carbocycles. The number of ether oxygens (including phenoxy) is 2. The van der Waals surface area contributed by atoms with E-state index < -0.39 is 12.1 Å². The quantitative estimate of drug-likeness (QED) is 0.417. The average Bonchev–Trinajstić information content (AvgIpc) is 3.28. The van der Waals surface area contributed by atoms with Gasteiger partial charge in [-0.1, -0.05) is 48.0 Å². The van der Waals surface area contributed by atoms with Gasteiger partial charge in [0.05, 0.1) is 20.3 Å². The van der Waals surface area contributed by atoms with Crippen molar-refractivity contribution >= 4 is 34.3 Å². The van der Waals surface area contributed by atoms with Crippen LogP contribution < -0.4 is 9.47 Å². The van der Waals surface area contributed by atoms with Crippen molar-refractivity contribution in [3.8, 4) is 11.5 Å². The number of fused-ring (bicyclic) bond motifs is 4. The Bertz CT molecular complexity index is 1530. The summed E-state index contributed by atoms with van der Waals surface area (Å²) in [7, 11) is 3.16. The fraction of sp³-hybridized carbons (Fsp3) is 0.241. The first-order chi connectivity index (χ1) is 18.0. The van der Waals surface area contributed by atoms with Gasteiger partial charge in [-0.25, -0.2) is 0 Å². The van der Waals surface area contributed by atoms with Crippen molar-refractivity contribution in [1.82, 2.24) is 14.8 Å². The van der Waals surface area contributed by atoms with Gasteiger partial charge in [-0.3, -0.25) is 9.59 Å². The molecule has 2 amide bonds. The predicted molar refractivity (Wildman–Crippen MR) is 141 cm³/mol. The van der Waals surface area contributed by atoms with Gasteiger partial charge in [0, 0.05) is 34.6 Å². The summed E-state index contributed by atoms with van der Waals surface area (Å²) in [5.41, 5.74) is 4.73. The maximum atomic E-state index is 13.9. The summed E-state index contributed by atoms with van der Waals surface area (Å²) in [4.78, 5) is 34.6. The maximum absolute atomic E-state index is 13.9. The van der Waals surface area contributed by atoms with Gasteiger partial charge < -0.3 is 24.3 Å². The molecule has 3 heterocycles.